The van der Waals surface area contributed by atoms with Crippen LogP contribution in [-0.4, -0.2) is 42.0 Å². The first kappa shape index (κ1) is 24.3. The van der Waals surface area contributed by atoms with Crippen molar-refractivity contribution >= 4 is 33.1 Å². The zero-order valence-electron chi connectivity index (χ0n) is 21.2. The summed E-state index contributed by atoms with van der Waals surface area (Å²) in [7, 11) is 0. The highest BCUT2D eigenvalue weighted by atomic mass is 32.1. The number of nitrogens with one attached hydrogen (secondary N) is 1. The summed E-state index contributed by atoms with van der Waals surface area (Å²) in [5, 5.41) is 8.88. The third-order valence-corrected chi connectivity index (χ3v) is 7.90. The van der Waals surface area contributed by atoms with Crippen molar-refractivity contribution in [3.63, 3.8) is 0 Å². The highest BCUT2D eigenvalue weighted by Crippen LogP contribution is 2.31. The summed E-state index contributed by atoms with van der Waals surface area (Å²) in [6.45, 7) is 4.69. The van der Waals surface area contributed by atoms with Crippen LogP contribution in [0.15, 0.2) is 102 Å². The summed E-state index contributed by atoms with van der Waals surface area (Å²) in [5.74, 6) is 0.110. The zero-order valence-corrected chi connectivity index (χ0v) is 22.0. The number of fused-ring (bicyclic) bond motifs is 1. The van der Waals surface area contributed by atoms with Gasteiger partial charge >= 0.3 is 0 Å². The van der Waals surface area contributed by atoms with Gasteiger partial charge in [0.25, 0.3) is 5.91 Å². The first-order valence-electron chi connectivity index (χ1n) is 13.1. The Bertz CT molecular complexity index is 1520. The van der Waals surface area contributed by atoms with Gasteiger partial charge in [0, 0.05) is 55.8 Å². The first-order chi connectivity index (χ1) is 18.7. The number of carbonyl (C=O) groups is 1. The van der Waals surface area contributed by atoms with Crippen LogP contribution >= 0.6 is 11.3 Å². The summed E-state index contributed by atoms with van der Waals surface area (Å²) in [6.07, 6.45) is 0. The number of hydrogen-bond donors (Lipinski definition) is 1. The fraction of sp³-hybridized carbons (Fsp3) is 0.188. The molecule has 1 saturated heterocycles. The highest BCUT2D eigenvalue weighted by Gasteiger charge is 2.19. The standard InChI is InChI=1S/C32H30N4OS/c37-31(35-18-16-33-17-19-35)27-12-10-25(11-13-27)22-36(21-24-6-2-1-3-7-24)32-34-30(23-38-32)29-15-14-26-8-4-5-9-28(26)20-29/h1-15,20,23,33H,16-19,21-22H2. The van der Waals surface area contributed by atoms with Gasteiger partial charge in [-0.05, 0) is 40.1 Å². The number of thiazole rings is 1. The second-order valence-electron chi connectivity index (χ2n) is 9.66. The molecule has 1 aliphatic rings. The second-order valence-corrected chi connectivity index (χ2v) is 10.5. The van der Waals surface area contributed by atoms with Crippen molar-refractivity contribution < 1.29 is 4.79 Å². The van der Waals surface area contributed by atoms with Gasteiger partial charge in [-0.3, -0.25) is 4.79 Å². The molecule has 0 radical (unpaired) electrons. The normalized spacial score (nSPS) is 13.5. The number of hydrogen-bond acceptors (Lipinski definition) is 5. The molecule has 0 saturated carbocycles. The van der Waals surface area contributed by atoms with Gasteiger partial charge < -0.3 is 15.1 Å². The van der Waals surface area contributed by atoms with Crippen LogP contribution in [0.5, 0.6) is 0 Å². The Labute approximate surface area is 227 Å². The van der Waals surface area contributed by atoms with E-state index in [1.54, 1.807) is 11.3 Å². The number of anilines is 1. The van der Waals surface area contributed by atoms with E-state index in [9.17, 15) is 4.79 Å². The molecule has 5 nitrogen and oxygen atoms in total. The third kappa shape index (κ3) is 5.47. The summed E-state index contributed by atoms with van der Waals surface area (Å²) in [5.41, 5.74) is 5.26. The lowest BCUT2D eigenvalue weighted by Gasteiger charge is -2.27. The maximum absolute atomic E-state index is 12.9. The van der Waals surface area contributed by atoms with E-state index < -0.39 is 0 Å². The molecule has 1 amide bonds. The van der Waals surface area contributed by atoms with Crippen LogP contribution in [0.2, 0.25) is 0 Å². The van der Waals surface area contributed by atoms with Gasteiger partial charge in [-0.1, -0.05) is 78.9 Å². The molecule has 0 spiro atoms. The van der Waals surface area contributed by atoms with E-state index in [1.165, 1.54) is 16.3 Å². The maximum atomic E-state index is 12.9. The molecule has 1 aliphatic heterocycles. The van der Waals surface area contributed by atoms with Gasteiger partial charge in [0.1, 0.15) is 0 Å². The molecule has 0 bridgehead atoms. The summed E-state index contributed by atoms with van der Waals surface area (Å²) in [4.78, 5) is 22.2. The van der Waals surface area contributed by atoms with Gasteiger partial charge in [0.2, 0.25) is 0 Å². The number of rotatable bonds is 7. The Kier molecular flexibility index (Phi) is 7.16. The summed E-state index contributed by atoms with van der Waals surface area (Å²) in [6, 6.07) is 33.5. The minimum Gasteiger partial charge on any atom is -0.339 e. The fourth-order valence-electron chi connectivity index (χ4n) is 4.91. The predicted molar refractivity (Wildman–Crippen MR) is 157 cm³/mol. The lowest BCUT2D eigenvalue weighted by Crippen LogP contribution is -2.46. The zero-order chi connectivity index (χ0) is 25.7. The van der Waals surface area contributed by atoms with Crippen molar-refractivity contribution in [2.24, 2.45) is 0 Å². The molecule has 190 valence electrons. The van der Waals surface area contributed by atoms with E-state index in [0.717, 1.165) is 60.2 Å². The van der Waals surface area contributed by atoms with Gasteiger partial charge in [0.15, 0.2) is 5.13 Å². The first-order valence-corrected chi connectivity index (χ1v) is 13.9. The number of carbonyl (C=O) groups excluding carboxylic acids is 1. The van der Waals surface area contributed by atoms with Crippen LogP contribution in [0, 0.1) is 0 Å². The minimum absolute atomic E-state index is 0.110. The van der Waals surface area contributed by atoms with Crippen LogP contribution in [0.1, 0.15) is 21.5 Å². The maximum Gasteiger partial charge on any atom is 0.253 e. The largest absolute Gasteiger partial charge is 0.339 e. The summed E-state index contributed by atoms with van der Waals surface area (Å²) >= 11 is 1.67. The average molecular weight is 519 g/mol. The van der Waals surface area contributed by atoms with Crippen LogP contribution < -0.4 is 10.2 Å². The monoisotopic (exact) mass is 518 g/mol. The van der Waals surface area contributed by atoms with E-state index in [-0.39, 0.29) is 5.91 Å². The predicted octanol–water partition coefficient (Wildman–Crippen LogP) is 6.22. The van der Waals surface area contributed by atoms with Gasteiger partial charge in [0.05, 0.1) is 5.69 Å². The topological polar surface area (TPSA) is 48.5 Å². The molecule has 0 aliphatic carbocycles. The third-order valence-electron chi connectivity index (χ3n) is 7.00. The van der Waals surface area contributed by atoms with Crippen LogP contribution in [-0.2, 0) is 13.1 Å². The van der Waals surface area contributed by atoms with Crippen LogP contribution in [0.4, 0.5) is 5.13 Å². The highest BCUT2D eigenvalue weighted by molar-refractivity contribution is 7.14. The van der Waals surface area contributed by atoms with Gasteiger partial charge in [-0.2, -0.15) is 0 Å². The number of piperazine rings is 1. The number of benzene rings is 4. The van der Waals surface area contributed by atoms with Crippen molar-refractivity contribution in [2.45, 2.75) is 13.1 Å². The SMILES string of the molecule is O=C(c1ccc(CN(Cc2ccccc2)c2nc(-c3ccc4ccccc4c3)cs2)cc1)N1CCNCC1. The van der Waals surface area contributed by atoms with Crippen molar-refractivity contribution in [3.05, 3.63) is 119 Å². The minimum atomic E-state index is 0.110. The molecule has 4 aromatic carbocycles. The van der Waals surface area contributed by atoms with Crippen LogP contribution in [0.3, 0.4) is 0 Å². The van der Waals surface area contributed by atoms with Crippen LogP contribution in [0.25, 0.3) is 22.0 Å². The number of aromatic nitrogens is 1. The lowest BCUT2D eigenvalue weighted by molar-refractivity contribution is 0.0736. The second kappa shape index (κ2) is 11.2. The average Bonchev–Trinajstić information content (AvgIpc) is 3.48. The molecule has 6 heteroatoms. The molecule has 6 rings (SSSR count). The quantitative estimate of drug-likeness (QED) is 0.278. The molecule has 1 aromatic heterocycles. The molecule has 5 aromatic rings. The Morgan fingerprint density at radius 2 is 1.50 bits per heavy atom. The van der Waals surface area contributed by atoms with E-state index in [1.807, 2.05) is 23.1 Å². The smallest absolute Gasteiger partial charge is 0.253 e. The lowest BCUT2D eigenvalue weighted by atomic mass is 10.1. The Morgan fingerprint density at radius 3 is 2.26 bits per heavy atom. The molecular formula is C32H30N4OS. The van der Waals surface area contributed by atoms with E-state index >= 15 is 0 Å². The fourth-order valence-corrected chi connectivity index (χ4v) is 5.74. The number of nitrogens with zero attached hydrogens (tertiary/aromatic N) is 3. The molecule has 38 heavy (non-hydrogen) atoms. The van der Waals surface area contributed by atoms with Gasteiger partial charge in [-0.15, -0.1) is 11.3 Å². The summed E-state index contributed by atoms with van der Waals surface area (Å²) < 4.78 is 0. The van der Waals surface area contributed by atoms with E-state index in [4.69, 9.17) is 4.98 Å². The van der Waals surface area contributed by atoms with E-state index in [2.05, 4.69) is 94.5 Å². The molecule has 0 unspecified atom stereocenters. The Morgan fingerprint density at radius 1 is 0.816 bits per heavy atom. The van der Waals surface area contributed by atoms with Crippen molar-refractivity contribution in [1.82, 2.24) is 15.2 Å². The number of amides is 1. The Hall–Kier alpha value is -4.00. The van der Waals surface area contributed by atoms with E-state index in [0.29, 0.717) is 6.54 Å². The van der Waals surface area contributed by atoms with Crippen molar-refractivity contribution in [1.29, 1.82) is 0 Å². The van der Waals surface area contributed by atoms with Crippen molar-refractivity contribution in [3.8, 4) is 11.3 Å². The molecule has 0 atom stereocenters. The van der Waals surface area contributed by atoms with Gasteiger partial charge in [-0.25, -0.2) is 4.98 Å². The van der Waals surface area contributed by atoms with Crippen molar-refractivity contribution in [2.75, 3.05) is 31.1 Å². The molecular weight excluding hydrogens is 488 g/mol. The Balaban J connectivity index is 1.24. The molecule has 1 fully saturated rings. The molecule has 2 heterocycles. The molecule has 1 N–H and O–H groups in total.